The summed E-state index contributed by atoms with van der Waals surface area (Å²) >= 11 is 9.14. The second-order valence-electron chi connectivity index (χ2n) is 3.38. The molecule has 17 heavy (non-hydrogen) atoms. The number of carbonyl (C=O) groups excluding carboxylic acids is 1. The zero-order valence-corrected chi connectivity index (χ0v) is 11.0. The van der Waals surface area contributed by atoms with Gasteiger partial charge in [-0.05, 0) is 42.5 Å². The Morgan fingerprint density at radius 1 is 1.24 bits per heavy atom. The zero-order valence-electron chi connectivity index (χ0n) is 8.71. The predicted octanol–water partition coefficient (Wildman–Crippen LogP) is 4.15. The van der Waals surface area contributed by atoms with Crippen molar-refractivity contribution in [2.24, 2.45) is 0 Å². The number of halogens is 2. The van der Waals surface area contributed by atoms with Crippen LogP contribution >= 0.6 is 27.5 Å². The van der Waals surface area contributed by atoms with Crippen LogP contribution < -0.4 is 5.32 Å². The molecule has 0 atom stereocenters. The molecular formula is C13H8BrClNO. The third kappa shape index (κ3) is 3.32. The van der Waals surface area contributed by atoms with E-state index >= 15 is 0 Å². The summed E-state index contributed by atoms with van der Waals surface area (Å²) in [6.07, 6.45) is 0. The highest BCUT2D eigenvalue weighted by Gasteiger charge is 2.06. The summed E-state index contributed by atoms with van der Waals surface area (Å²) in [7, 11) is 0. The molecule has 0 saturated heterocycles. The average Bonchev–Trinajstić information content (AvgIpc) is 2.32. The van der Waals surface area contributed by atoms with Gasteiger partial charge in [0, 0.05) is 20.7 Å². The minimum Gasteiger partial charge on any atom is -0.322 e. The molecule has 2 aromatic carbocycles. The van der Waals surface area contributed by atoms with Gasteiger partial charge >= 0.3 is 0 Å². The Bertz CT molecular complexity index is 539. The number of benzene rings is 2. The van der Waals surface area contributed by atoms with Crippen molar-refractivity contribution in [1.82, 2.24) is 0 Å². The molecule has 0 aliphatic heterocycles. The van der Waals surface area contributed by atoms with Gasteiger partial charge in [-0.1, -0.05) is 33.6 Å². The number of amides is 1. The summed E-state index contributed by atoms with van der Waals surface area (Å²) in [6.45, 7) is 0. The van der Waals surface area contributed by atoms with Crippen LogP contribution in [0.5, 0.6) is 0 Å². The molecule has 2 aromatic rings. The molecule has 0 unspecified atom stereocenters. The summed E-state index contributed by atoms with van der Waals surface area (Å²) in [5.41, 5.74) is 1.15. The smallest absolute Gasteiger partial charge is 0.256 e. The highest BCUT2D eigenvalue weighted by atomic mass is 79.9. The van der Waals surface area contributed by atoms with E-state index in [2.05, 4.69) is 27.3 Å². The van der Waals surface area contributed by atoms with Crippen LogP contribution in [0.3, 0.4) is 0 Å². The van der Waals surface area contributed by atoms with Gasteiger partial charge in [-0.25, -0.2) is 0 Å². The largest absolute Gasteiger partial charge is 0.322 e. The third-order valence-corrected chi connectivity index (χ3v) is 2.87. The highest BCUT2D eigenvalue weighted by Crippen LogP contribution is 2.16. The van der Waals surface area contributed by atoms with Gasteiger partial charge in [0.2, 0.25) is 0 Å². The lowest BCUT2D eigenvalue weighted by Crippen LogP contribution is -2.11. The Morgan fingerprint density at radius 2 is 1.94 bits per heavy atom. The fraction of sp³-hybridized carbons (Fsp3) is 0. The van der Waals surface area contributed by atoms with Gasteiger partial charge in [-0.2, -0.15) is 0 Å². The summed E-state index contributed by atoms with van der Waals surface area (Å²) in [5.74, 6) is -0.227. The SMILES string of the molecule is O=C(Nc1ccc(Br)cc1)c1[c]ccc(Cl)c1. The molecule has 1 N–H and O–H groups in total. The van der Waals surface area contributed by atoms with E-state index in [-0.39, 0.29) is 5.91 Å². The Labute approximate surface area is 113 Å². The van der Waals surface area contributed by atoms with Crippen molar-refractivity contribution in [1.29, 1.82) is 0 Å². The molecule has 0 heterocycles. The first kappa shape index (κ1) is 12.1. The molecule has 0 fully saturated rings. The number of anilines is 1. The van der Waals surface area contributed by atoms with Crippen LogP contribution in [0.15, 0.2) is 46.9 Å². The zero-order chi connectivity index (χ0) is 12.3. The molecule has 0 bridgehead atoms. The number of carbonyl (C=O) groups is 1. The van der Waals surface area contributed by atoms with E-state index in [1.54, 1.807) is 18.2 Å². The van der Waals surface area contributed by atoms with E-state index in [1.807, 2.05) is 24.3 Å². The summed E-state index contributed by atoms with van der Waals surface area (Å²) < 4.78 is 0.963. The number of hydrogen-bond acceptors (Lipinski definition) is 1. The minimum absolute atomic E-state index is 0.227. The first-order valence-corrected chi connectivity index (χ1v) is 6.06. The maximum atomic E-state index is 11.8. The molecule has 85 valence electrons. The van der Waals surface area contributed by atoms with Crippen molar-refractivity contribution in [2.45, 2.75) is 0 Å². The van der Waals surface area contributed by atoms with Gasteiger partial charge in [-0.15, -0.1) is 0 Å². The minimum atomic E-state index is -0.227. The molecule has 1 amide bonds. The molecule has 2 nitrogen and oxygen atoms in total. The quantitative estimate of drug-likeness (QED) is 0.887. The van der Waals surface area contributed by atoms with Crippen LogP contribution in [0.2, 0.25) is 5.02 Å². The lowest BCUT2D eigenvalue weighted by atomic mass is 10.2. The van der Waals surface area contributed by atoms with Crippen LogP contribution in [-0.2, 0) is 0 Å². The Kier molecular flexibility index (Phi) is 3.82. The summed E-state index contributed by atoms with van der Waals surface area (Å²) in [5, 5.41) is 3.28. The second kappa shape index (κ2) is 5.34. The predicted molar refractivity (Wildman–Crippen MR) is 72.4 cm³/mol. The second-order valence-corrected chi connectivity index (χ2v) is 4.73. The van der Waals surface area contributed by atoms with Gasteiger partial charge in [0.25, 0.3) is 5.91 Å². The molecule has 4 heteroatoms. The maximum absolute atomic E-state index is 11.8. The van der Waals surface area contributed by atoms with E-state index in [0.717, 1.165) is 10.2 Å². The molecular weight excluding hydrogens is 302 g/mol. The first-order chi connectivity index (χ1) is 8.15. The van der Waals surface area contributed by atoms with Crippen LogP contribution in [-0.4, -0.2) is 5.91 Å². The van der Waals surface area contributed by atoms with Crippen molar-refractivity contribution in [3.63, 3.8) is 0 Å². The van der Waals surface area contributed by atoms with Crippen molar-refractivity contribution in [3.05, 3.63) is 63.6 Å². The highest BCUT2D eigenvalue weighted by molar-refractivity contribution is 9.10. The van der Waals surface area contributed by atoms with Crippen LogP contribution in [0, 0.1) is 6.07 Å². The average molecular weight is 310 g/mol. The van der Waals surface area contributed by atoms with Crippen molar-refractivity contribution < 1.29 is 4.79 Å². The third-order valence-electron chi connectivity index (χ3n) is 2.11. The number of hydrogen-bond donors (Lipinski definition) is 1. The molecule has 2 rings (SSSR count). The van der Waals surface area contributed by atoms with E-state index in [9.17, 15) is 4.79 Å². The fourth-order valence-electron chi connectivity index (χ4n) is 1.30. The summed E-state index contributed by atoms with van der Waals surface area (Å²) in [4.78, 5) is 11.8. The Hall–Kier alpha value is -1.32. The topological polar surface area (TPSA) is 29.1 Å². The van der Waals surface area contributed by atoms with Crippen LogP contribution in [0.25, 0.3) is 0 Å². The van der Waals surface area contributed by atoms with Crippen molar-refractivity contribution in [2.75, 3.05) is 5.32 Å². The fourth-order valence-corrected chi connectivity index (χ4v) is 1.74. The molecule has 0 saturated carbocycles. The lowest BCUT2D eigenvalue weighted by Gasteiger charge is -2.05. The molecule has 0 aliphatic rings. The maximum Gasteiger partial charge on any atom is 0.256 e. The molecule has 0 aromatic heterocycles. The van der Waals surface area contributed by atoms with Gasteiger partial charge in [0.05, 0.1) is 0 Å². The Morgan fingerprint density at radius 3 is 2.59 bits per heavy atom. The first-order valence-electron chi connectivity index (χ1n) is 4.89. The number of rotatable bonds is 2. The summed E-state index contributed by atoms with van der Waals surface area (Å²) in [6, 6.07) is 15.1. The van der Waals surface area contributed by atoms with Gasteiger partial charge in [0.1, 0.15) is 0 Å². The van der Waals surface area contributed by atoms with Crippen molar-refractivity contribution in [3.8, 4) is 0 Å². The van der Waals surface area contributed by atoms with Crippen molar-refractivity contribution >= 4 is 39.1 Å². The van der Waals surface area contributed by atoms with Gasteiger partial charge in [-0.3, -0.25) is 4.79 Å². The van der Waals surface area contributed by atoms with Crippen LogP contribution in [0.1, 0.15) is 10.4 Å². The Balaban J connectivity index is 2.14. The van der Waals surface area contributed by atoms with E-state index in [0.29, 0.717) is 10.6 Å². The van der Waals surface area contributed by atoms with E-state index in [4.69, 9.17) is 11.6 Å². The van der Waals surface area contributed by atoms with Crippen LogP contribution in [0.4, 0.5) is 5.69 Å². The van der Waals surface area contributed by atoms with Gasteiger partial charge in [0.15, 0.2) is 0 Å². The normalized spacial score (nSPS) is 10.0. The van der Waals surface area contributed by atoms with Gasteiger partial charge < -0.3 is 5.32 Å². The molecule has 0 spiro atoms. The van der Waals surface area contributed by atoms with E-state index < -0.39 is 0 Å². The number of nitrogens with one attached hydrogen (secondary N) is 1. The molecule has 1 radical (unpaired) electrons. The lowest BCUT2D eigenvalue weighted by molar-refractivity contribution is 0.102. The standard InChI is InChI=1S/C13H8BrClNO/c14-10-4-6-12(7-5-10)16-13(17)9-2-1-3-11(15)8-9/h1,3-8H,(H,16,17). The molecule has 0 aliphatic carbocycles. The monoisotopic (exact) mass is 308 g/mol. The van der Waals surface area contributed by atoms with E-state index in [1.165, 1.54) is 0 Å².